The molecule has 2 N–H and O–H groups in total. The average molecular weight is 411 g/mol. The highest BCUT2D eigenvalue weighted by Gasteiger charge is 2.19. The average Bonchev–Trinajstić information content (AvgIpc) is 3.23. The molecule has 0 spiro atoms. The topological polar surface area (TPSA) is 76.0 Å². The lowest BCUT2D eigenvalue weighted by atomic mass is 10.2. The number of rotatable bonds is 2. The van der Waals surface area contributed by atoms with Crippen molar-refractivity contribution in [1.82, 2.24) is 30.0 Å². The standard InChI is InChI=1S/C20H38N6O3/c1-5-24-7-13-28-15-9-26(10-16-29-14-8-24)20(18-25-6-2-23-19-25)17-22-4-12-27-11-3-21-1/h2,6,19-22H,1,3-5,7-18H2. The number of nitrogens with zero attached hydrogens (tertiary/aromatic N) is 4. The highest BCUT2D eigenvalue weighted by atomic mass is 16.5. The van der Waals surface area contributed by atoms with Crippen LogP contribution in [0.4, 0.5) is 0 Å². The summed E-state index contributed by atoms with van der Waals surface area (Å²) in [6.45, 7) is 13.7. The lowest BCUT2D eigenvalue weighted by molar-refractivity contribution is 0.0234. The molecule has 29 heavy (non-hydrogen) atoms. The van der Waals surface area contributed by atoms with Gasteiger partial charge < -0.3 is 29.4 Å². The summed E-state index contributed by atoms with van der Waals surface area (Å²) in [7, 11) is 0. The third-order valence-corrected chi connectivity index (χ3v) is 5.48. The molecular weight excluding hydrogens is 372 g/mol. The molecule has 1 aromatic rings. The van der Waals surface area contributed by atoms with E-state index in [4.69, 9.17) is 14.2 Å². The molecule has 4 rings (SSSR count). The van der Waals surface area contributed by atoms with Gasteiger partial charge in [-0.3, -0.25) is 9.80 Å². The number of fused-ring (bicyclic) bond motifs is 18. The first kappa shape index (κ1) is 22.6. The minimum Gasteiger partial charge on any atom is -0.379 e. The molecular formula is C20H38N6O3. The van der Waals surface area contributed by atoms with Crippen molar-refractivity contribution in [1.29, 1.82) is 0 Å². The summed E-state index contributed by atoms with van der Waals surface area (Å²) in [6, 6.07) is 0.344. The van der Waals surface area contributed by atoms with Gasteiger partial charge in [-0.1, -0.05) is 0 Å². The molecule has 3 fully saturated rings. The second-order valence-electron chi connectivity index (χ2n) is 7.58. The first-order valence-electron chi connectivity index (χ1n) is 11.0. The van der Waals surface area contributed by atoms with Gasteiger partial charge in [-0.05, 0) is 0 Å². The fourth-order valence-electron chi connectivity index (χ4n) is 3.74. The van der Waals surface area contributed by atoms with Gasteiger partial charge in [0.15, 0.2) is 0 Å². The SMILES string of the molecule is c1cn(CC2CNCCOCCNCCN3CCOCCN2CCOCC3)cn1. The molecule has 0 aromatic carbocycles. The first-order chi connectivity index (χ1) is 14.4. The number of ether oxygens (including phenoxy) is 3. The van der Waals surface area contributed by atoms with Crippen molar-refractivity contribution >= 4 is 0 Å². The van der Waals surface area contributed by atoms with Crippen molar-refractivity contribution in [2.45, 2.75) is 12.6 Å². The zero-order chi connectivity index (χ0) is 20.0. The van der Waals surface area contributed by atoms with Gasteiger partial charge in [0, 0.05) is 83.9 Å². The van der Waals surface area contributed by atoms with Crippen molar-refractivity contribution in [3.63, 3.8) is 0 Å². The molecule has 3 aliphatic rings. The predicted molar refractivity (Wildman–Crippen MR) is 112 cm³/mol. The van der Waals surface area contributed by atoms with Gasteiger partial charge in [-0.25, -0.2) is 4.98 Å². The number of hydrogen-bond donors (Lipinski definition) is 2. The van der Waals surface area contributed by atoms with Crippen LogP contribution in [-0.4, -0.2) is 124 Å². The molecule has 9 heteroatoms. The van der Waals surface area contributed by atoms with Gasteiger partial charge >= 0.3 is 0 Å². The molecule has 0 saturated carbocycles. The number of imidazole rings is 1. The van der Waals surface area contributed by atoms with Gasteiger partial charge in [0.25, 0.3) is 0 Å². The summed E-state index contributed by atoms with van der Waals surface area (Å²) in [6.07, 6.45) is 5.75. The second kappa shape index (κ2) is 14.0. The molecule has 3 saturated heterocycles. The van der Waals surface area contributed by atoms with E-state index in [9.17, 15) is 0 Å². The Hall–Kier alpha value is -1.07. The van der Waals surface area contributed by atoms with Crippen LogP contribution in [0.15, 0.2) is 18.7 Å². The Morgan fingerprint density at radius 2 is 1.48 bits per heavy atom. The molecule has 3 aliphatic heterocycles. The minimum atomic E-state index is 0.344. The third kappa shape index (κ3) is 9.08. The quantitative estimate of drug-likeness (QED) is 0.609. The van der Waals surface area contributed by atoms with Gasteiger partial charge in [0.1, 0.15) is 0 Å². The van der Waals surface area contributed by atoms with E-state index in [0.29, 0.717) is 6.04 Å². The molecule has 0 aliphatic carbocycles. The zero-order valence-corrected chi connectivity index (χ0v) is 17.6. The Bertz CT molecular complexity index is 504. The summed E-state index contributed by atoms with van der Waals surface area (Å²) in [5.41, 5.74) is 0. The fourth-order valence-corrected chi connectivity index (χ4v) is 3.74. The minimum absolute atomic E-state index is 0.344. The second-order valence-corrected chi connectivity index (χ2v) is 7.58. The molecule has 2 bridgehead atoms. The highest BCUT2D eigenvalue weighted by Crippen LogP contribution is 2.05. The highest BCUT2D eigenvalue weighted by molar-refractivity contribution is 4.81. The van der Waals surface area contributed by atoms with Gasteiger partial charge in [-0.2, -0.15) is 0 Å². The molecule has 1 unspecified atom stereocenters. The Morgan fingerprint density at radius 3 is 2.21 bits per heavy atom. The van der Waals surface area contributed by atoms with Crippen molar-refractivity contribution < 1.29 is 14.2 Å². The predicted octanol–water partition coefficient (Wildman–Crippen LogP) is -0.888. The van der Waals surface area contributed by atoms with Crippen molar-refractivity contribution in [2.75, 3.05) is 98.5 Å². The molecule has 166 valence electrons. The van der Waals surface area contributed by atoms with E-state index in [1.54, 1.807) is 0 Å². The van der Waals surface area contributed by atoms with Crippen LogP contribution in [-0.2, 0) is 20.8 Å². The fraction of sp³-hybridized carbons (Fsp3) is 0.850. The smallest absolute Gasteiger partial charge is 0.0946 e. The summed E-state index contributed by atoms with van der Waals surface area (Å²) < 4.78 is 19.9. The van der Waals surface area contributed by atoms with E-state index in [-0.39, 0.29) is 0 Å². The van der Waals surface area contributed by atoms with Crippen LogP contribution >= 0.6 is 0 Å². The van der Waals surface area contributed by atoms with Gasteiger partial charge in [0.2, 0.25) is 0 Å². The summed E-state index contributed by atoms with van der Waals surface area (Å²) in [4.78, 5) is 9.10. The van der Waals surface area contributed by atoms with Crippen LogP contribution in [0.1, 0.15) is 0 Å². The molecule has 0 radical (unpaired) electrons. The Morgan fingerprint density at radius 1 is 0.793 bits per heavy atom. The number of nitrogens with one attached hydrogen (secondary N) is 2. The number of hydrogen-bond acceptors (Lipinski definition) is 8. The normalized spacial score (nSPS) is 29.9. The van der Waals surface area contributed by atoms with Crippen molar-refractivity contribution in [3.8, 4) is 0 Å². The summed E-state index contributed by atoms with van der Waals surface area (Å²) in [5, 5.41) is 7.04. The van der Waals surface area contributed by atoms with E-state index in [1.165, 1.54) is 0 Å². The van der Waals surface area contributed by atoms with Crippen molar-refractivity contribution in [3.05, 3.63) is 18.7 Å². The maximum atomic E-state index is 5.99. The Labute approximate surface area is 174 Å². The summed E-state index contributed by atoms with van der Waals surface area (Å²) in [5.74, 6) is 0. The molecule has 1 atom stereocenters. The monoisotopic (exact) mass is 410 g/mol. The lowest BCUT2D eigenvalue weighted by Crippen LogP contribution is -2.48. The molecule has 0 amide bonds. The zero-order valence-electron chi connectivity index (χ0n) is 17.6. The van der Waals surface area contributed by atoms with Crippen LogP contribution in [0.2, 0.25) is 0 Å². The summed E-state index contributed by atoms with van der Waals surface area (Å²) >= 11 is 0. The lowest BCUT2D eigenvalue weighted by Gasteiger charge is -2.33. The van der Waals surface area contributed by atoms with E-state index in [2.05, 4.69) is 30.0 Å². The van der Waals surface area contributed by atoms with Crippen molar-refractivity contribution in [2.24, 2.45) is 0 Å². The van der Waals surface area contributed by atoms with Crippen LogP contribution in [0.25, 0.3) is 0 Å². The Balaban J connectivity index is 1.63. The first-order valence-corrected chi connectivity index (χ1v) is 11.0. The van der Waals surface area contributed by atoms with Crippen LogP contribution in [0.3, 0.4) is 0 Å². The van der Waals surface area contributed by atoms with E-state index in [0.717, 1.165) is 105 Å². The maximum absolute atomic E-state index is 5.99. The van der Waals surface area contributed by atoms with Crippen LogP contribution < -0.4 is 10.6 Å². The van der Waals surface area contributed by atoms with E-state index in [1.807, 2.05) is 18.7 Å². The molecule has 9 nitrogen and oxygen atoms in total. The van der Waals surface area contributed by atoms with Crippen LogP contribution in [0.5, 0.6) is 0 Å². The van der Waals surface area contributed by atoms with Crippen LogP contribution in [0, 0.1) is 0 Å². The van der Waals surface area contributed by atoms with Gasteiger partial charge in [-0.15, -0.1) is 0 Å². The molecule has 4 heterocycles. The largest absolute Gasteiger partial charge is 0.379 e. The van der Waals surface area contributed by atoms with Gasteiger partial charge in [0.05, 0.1) is 46.0 Å². The third-order valence-electron chi connectivity index (χ3n) is 5.48. The van der Waals surface area contributed by atoms with E-state index >= 15 is 0 Å². The molecule has 1 aromatic heterocycles. The van der Waals surface area contributed by atoms with E-state index < -0.39 is 0 Å². The maximum Gasteiger partial charge on any atom is 0.0946 e. The number of aromatic nitrogens is 2. The Kier molecular flexibility index (Phi) is 10.9.